The van der Waals surface area contributed by atoms with E-state index in [0.717, 1.165) is 18.7 Å². The van der Waals surface area contributed by atoms with Crippen molar-refractivity contribution in [1.29, 1.82) is 0 Å². The molecule has 96 valence electrons. The number of likely N-dealkylation sites (N-methyl/N-ethyl adjacent to an activating group) is 1. The smallest absolute Gasteiger partial charge is 0.119 e. The molecule has 0 saturated heterocycles. The van der Waals surface area contributed by atoms with Crippen LogP contribution >= 0.6 is 11.3 Å². The summed E-state index contributed by atoms with van der Waals surface area (Å²) < 4.78 is 5.27. The van der Waals surface area contributed by atoms with E-state index in [4.69, 9.17) is 4.74 Å². The van der Waals surface area contributed by atoms with Crippen molar-refractivity contribution >= 4 is 11.3 Å². The Morgan fingerprint density at radius 3 is 2.89 bits per heavy atom. The minimum Gasteiger partial charge on any atom is -0.497 e. The maximum atomic E-state index is 5.27. The van der Waals surface area contributed by atoms with Gasteiger partial charge < -0.3 is 10.1 Å². The number of thiophene rings is 1. The van der Waals surface area contributed by atoms with E-state index in [1.807, 2.05) is 12.1 Å². The van der Waals surface area contributed by atoms with Crippen LogP contribution in [0.2, 0.25) is 0 Å². The van der Waals surface area contributed by atoms with Crippen LogP contribution in [0.5, 0.6) is 5.75 Å². The van der Waals surface area contributed by atoms with Gasteiger partial charge in [0, 0.05) is 6.04 Å². The number of hydrogen-bond donors (Lipinski definition) is 1. The first kappa shape index (κ1) is 13.1. The molecule has 0 aliphatic rings. The van der Waals surface area contributed by atoms with Gasteiger partial charge in [0.1, 0.15) is 5.75 Å². The van der Waals surface area contributed by atoms with Crippen molar-refractivity contribution in [3.8, 4) is 5.75 Å². The zero-order valence-corrected chi connectivity index (χ0v) is 11.7. The third kappa shape index (κ3) is 3.34. The van der Waals surface area contributed by atoms with Crippen molar-refractivity contribution < 1.29 is 4.74 Å². The maximum absolute atomic E-state index is 5.27. The average molecular weight is 261 g/mol. The van der Waals surface area contributed by atoms with E-state index >= 15 is 0 Å². The van der Waals surface area contributed by atoms with Crippen LogP contribution in [0.25, 0.3) is 0 Å². The Balaban J connectivity index is 2.13. The van der Waals surface area contributed by atoms with Crippen molar-refractivity contribution in [2.75, 3.05) is 13.7 Å². The zero-order chi connectivity index (χ0) is 12.8. The minimum atomic E-state index is 0.383. The number of hydrogen-bond acceptors (Lipinski definition) is 3. The first-order valence-corrected chi connectivity index (χ1v) is 7.16. The summed E-state index contributed by atoms with van der Waals surface area (Å²) in [5, 5.41) is 7.88. The van der Waals surface area contributed by atoms with Crippen LogP contribution < -0.4 is 10.1 Å². The Morgan fingerprint density at radius 1 is 1.33 bits per heavy atom. The summed E-state index contributed by atoms with van der Waals surface area (Å²) in [5.41, 5.74) is 2.66. The van der Waals surface area contributed by atoms with Gasteiger partial charge in [0.2, 0.25) is 0 Å². The van der Waals surface area contributed by atoms with Crippen molar-refractivity contribution in [1.82, 2.24) is 5.32 Å². The van der Waals surface area contributed by atoms with Crippen LogP contribution in [0.3, 0.4) is 0 Å². The van der Waals surface area contributed by atoms with E-state index in [-0.39, 0.29) is 0 Å². The first-order valence-electron chi connectivity index (χ1n) is 6.22. The lowest BCUT2D eigenvalue weighted by atomic mass is 10.0. The molecule has 1 aromatic carbocycles. The standard InChI is InChI=1S/C15H19NOS/c1-3-16-15(13-7-8-18-11-13)10-12-5-4-6-14(9-12)17-2/h4-9,11,15-16H,3,10H2,1-2H3. The molecule has 18 heavy (non-hydrogen) atoms. The second-order valence-corrected chi connectivity index (χ2v) is 5.00. The second kappa shape index (κ2) is 6.57. The Morgan fingerprint density at radius 2 is 2.22 bits per heavy atom. The SMILES string of the molecule is CCNC(Cc1cccc(OC)c1)c1ccsc1. The van der Waals surface area contributed by atoms with E-state index in [0.29, 0.717) is 6.04 Å². The van der Waals surface area contributed by atoms with Crippen LogP contribution in [0.4, 0.5) is 0 Å². The number of rotatable bonds is 6. The molecule has 0 aliphatic carbocycles. The molecule has 2 aromatic rings. The molecule has 1 N–H and O–H groups in total. The average Bonchev–Trinajstić information content (AvgIpc) is 2.92. The molecule has 1 aromatic heterocycles. The lowest BCUT2D eigenvalue weighted by molar-refractivity contribution is 0.414. The normalized spacial score (nSPS) is 12.3. The number of methoxy groups -OCH3 is 1. The Kier molecular flexibility index (Phi) is 4.79. The molecule has 0 saturated carbocycles. The number of ether oxygens (including phenoxy) is 1. The molecule has 3 heteroatoms. The fourth-order valence-corrected chi connectivity index (χ4v) is 2.78. The zero-order valence-electron chi connectivity index (χ0n) is 10.8. The highest BCUT2D eigenvalue weighted by molar-refractivity contribution is 7.07. The number of benzene rings is 1. The van der Waals surface area contributed by atoms with E-state index in [1.54, 1.807) is 18.4 Å². The van der Waals surface area contributed by atoms with E-state index in [2.05, 4.69) is 41.2 Å². The maximum Gasteiger partial charge on any atom is 0.119 e. The second-order valence-electron chi connectivity index (χ2n) is 4.22. The minimum absolute atomic E-state index is 0.383. The third-order valence-electron chi connectivity index (χ3n) is 2.97. The fourth-order valence-electron chi connectivity index (χ4n) is 2.06. The summed E-state index contributed by atoms with van der Waals surface area (Å²) in [4.78, 5) is 0. The van der Waals surface area contributed by atoms with Gasteiger partial charge in [-0.25, -0.2) is 0 Å². The first-order chi connectivity index (χ1) is 8.83. The summed E-state index contributed by atoms with van der Waals surface area (Å²) in [6.45, 7) is 3.12. The summed E-state index contributed by atoms with van der Waals surface area (Å²) in [6, 6.07) is 10.9. The molecule has 2 nitrogen and oxygen atoms in total. The number of nitrogens with one attached hydrogen (secondary N) is 1. The highest BCUT2D eigenvalue weighted by Gasteiger charge is 2.11. The molecule has 1 atom stereocenters. The van der Waals surface area contributed by atoms with Crippen molar-refractivity contribution in [3.63, 3.8) is 0 Å². The van der Waals surface area contributed by atoms with Crippen LogP contribution in [-0.4, -0.2) is 13.7 Å². The highest BCUT2D eigenvalue weighted by Crippen LogP contribution is 2.22. The summed E-state index contributed by atoms with van der Waals surface area (Å²) in [7, 11) is 1.71. The molecule has 0 fully saturated rings. The summed E-state index contributed by atoms with van der Waals surface area (Å²) >= 11 is 1.75. The Hall–Kier alpha value is -1.32. The van der Waals surface area contributed by atoms with Gasteiger partial charge >= 0.3 is 0 Å². The van der Waals surface area contributed by atoms with Crippen molar-refractivity contribution in [3.05, 3.63) is 52.2 Å². The molecular formula is C15H19NOS. The molecule has 1 heterocycles. The van der Waals surface area contributed by atoms with Gasteiger partial charge in [-0.3, -0.25) is 0 Å². The molecule has 0 bridgehead atoms. The lowest BCUT2D eigenvalue weighted by Gasteiger charge is -2.17. The van der Waals surface area contributed by atoms with Gasteiger partial charge in [-0.15, -0.1) is 0 Å². The molecule has 2 rings (SSSR count). The monoisotopic (exact) mass is 261 g/mol. The largest absolute Gasteiger partial charge is 0.497 e. The van der Waals surface area contributed by atoms with E-state index in [9.17, 15) is 0 Å². The topological polar surface area (TPSA) is 21.3 Å². The quantitative estimate of drug-likeness (QED) is 0.857. The summed E-state index contributed by atoms with van der Waals surface area (Å²) in [6.07, 6.45) is 0.988. The van der Waals surface area contributed by atoms with E-state index < -0.39 is 0 Å². The van der Waals surface area contributed by atoms with Crippen LogP contribution in [0.15, 0.2) is 41.1 Å². The predicted octanol–water partition coefficient (Wildman–Crippen LogP) is 3.65. The van der Waals surface area contributed by atoms with Crippen molar-refractivity contribution in [2.45, 2.75) is 19.4 Å². The molecule has 0 amide bonds. The predicted molar refractivity (Wildman–Crippen MR) is 77.4 cm³/mol. The van der Waals surface area contributed by atoms with E-state index in [1.165, 1.54) is 11.1 Å². The van der Waals surface area contributed by atoms with Gasteiger partial charge in [-0.05, 0) is 53.1 Å². The molecule has 1 unspecified atom stereocenters. The fraction of sp³-hybridized carbons (Fsp3) is 0.333. The molecule has 0 spiro atoms. The van der Waals surface area contributed by atoms with Crippen LogP contribution in [-0.2, 0) is 6.42 Å². The highest BCUT2D eigenvalue weighted by atomic mass is 32.1. The van der Waals surface area contributed by atoms with Gasteiger partial charge in [0.25, 0.3) is 0 Å². The molecule has 0 radical (unpaired) electrons. The van der Waals surface area contributed by atoms with Crippen LogP contribution in [0, 0.1) is 0 Å². The Bertz CT molecular complexity index is 467. The Labute approximate surface area is 113 Å². The van der Waals surface area contributed by atoms with Crippen LogP contribution in [0.1, 0.15) is 24.1 Å². The molecular weight excluding hydrogens is 242 g/mol. The van der Waals surface area contributed by atoms with Gasteiger partial charge in [0.15, 0.2) is 0 Å². The van der Waals surface area contributed by atoms with Crippen molar-refractivity contribution in [2.24, 2.45) is 0 Å². The third-order valence-corrected chi connectivity index (χ3v) is 3.67. The van der Waals surface area contributed by atoms with Gasteiger partial charge in [0.05, 0.1) is 7.11 Å². The molecule has 0 aliphatic heterocycles. The van der Waals surface area contributed by atoms with Gasteiger partial charge in [-0.2, -0.15) is 11.3 Å². The lowest BCUT2D eigenvalue weighted by Crippen LogP contribution is -2.22. The van der Waals surface area contributed by atoms with Gasteiger partial charge in [-0.1, -0.05) is 19.1 Å². The summed E-state index contributed by atoms with van der Waals surface area (Å²) in [5.74, 6) is 0.924.